The van der Waals surface area contributed by atoms with Crippen LogP contribution in [0.1, 0.15) is 16.7 Å². The lowest BCUT2D eigenvalue weighted by Crippen LogP contribution is -2.35. The summed E-state index contributed by atoms with van der Waals surface area (Å²) in [7, 11) is -2.51. The van der Waals surface area contributed by atoms with Crippen LogP contribution in [0.3, 0.4) is 0 Å². The Hall–Kier alpha value is -3.38. The van der Waals surface area contributed by atoms with Crippen LogP contribution < -0.4 is 9.04 Å². The van der Waals surface area contributed by atoms with Gasteiger partial charge in [-0.1, -0.05) is 47.5 Å². The number of amides is 1. The number of sulfonamides is 1. The number of carbonyl (C=O) groups is 1. The number of hydrogen-bond acceptors (Lipinski definition) is 4. The zero-order valence-electron chi connectivity index (χ0n) is 17.1. The van der Waals surface area contributed by atoms with Crippen molar-refractivity contribution < 1.29 is 17.9 Å². The van der Waals surface area contributed by atoms with Gasteiger partial charge in [-0.2, -0.15) is 4.31 Å². The van der Waals surface area contributed by atoms with Crippen molar-refractivity contribution in [1.29, 1.82) is 0 Å². The molecule has 0 aromatic heterocycles. The number of aryl methyl sites for hydroxylation is 2. The van der Waals surface area contributed by atoms with Crippen LogP contribution in [0.5, 0.6) is 5.75 Å². The smallest absolute Gasteiger partial charge is 0.271 e. The lowest BCUT2D eigenvalue weighted by molar-refractivity contribution is -0.113. The molecule has 154 valence electrons. The standard InChI is InChI=1S/C24H23NO4S/c1-18-4-11-21(12-5-18)25(30(27,28)23-15-6-19(2)7-16-23)24(26)17-10-20-8-13-22(29-3)14-9-20/h4-17H,1-3H3/b17-10+. The molecule has 3 aromatic rings. The van der Waals surface area contributed by atoms with Gasteiger partial charge in [0.2, 0.25) is 0 Å². The SMILES string of the molecule is COc1ccc(/C=C/C(=O)N(c2ccc(C)cc2)S(=O)(=O)c2ccc(C)cc2)cc1. The molecule has 6 heteroatoms. The van der Waals surface area contributed by atoms with Crippen molar-refractivity contribution in [2.75, 3.05) is 11.4 Å². The number of anilines is 1. The first-order chi connectivity index (χ1) is 14.3. The van der Waals surface area contributed by atoms with E-state index in [1.54, 1.807) is 73.8 Å². The van der Waals surface area contributed by atoms with Crippen LogP contribution in [-0.4, -0.2) is 21.4 Å². The van der Waals surface area contributed by atoms with Crippen molar-refractivity contribution in [3.05, 3.63) is 95.6 Å². The summed E-state index contributed by atoms with van der Waals surface area (Å²) in [6.45, 7) is 3.77. The molecular weight excluding hydrogens is 398 g/mol. The van der Waals surface area contributed by atoms with E-state index in [1.807, 2.05) is 13.8 Å². The third kappa shape index (κ3) is 4.78. The van der Waals surface area contributed by atoms with E-state index in [0.29, 0.717) is 5.75 Å². The molecule has 0 fully saturated rings. The van der Waals surface area contributed by atoms with Crippen LogP contribution >= 0.6 is 0 Å². The largest absolute Gasteiger partial charge is 0.497 e. The minimum absolute atomic E-state index is 0.0554. The second-order valence-corrected chi connectivity index (χ2v) is 8.65. The van der Waals surface area contributed by atoms with Gasteiger partial charge in [0.05, 0.1) is 17.7 Å². The molecule has 0 aliphatic carbocycles. The first-order valence-electron chi connectivity index (χ1n) is 9.36. The predicted molar refractivity (Wildman–Crippen MR) is 119 cm³/mol. The summed E-state index contributed by atoms with van der Waals surface area (Å²) >= 11 is 0. The van der Waals surface area contributed by atoms with Gasteiger partial charge in [-0.05, 0) is 61.9 Å². The highest BCUT2D eigenvalue weighted by Gasteiger charge is 2.29. The van der Waals surface area contributed by atoms with E-state index < -0.39 is 15.9 Å². The summed E-state index contributed by atoms with van der Waals surface area (Å²) < 4.78 is 32.6. The van der Waals surface area contributed by atoms with Crippen LogP contribution in [0.25, 0.3) is 6.08 Å². The monoisotopic (exact) mass is 421 g/mol. The van der Waals surface area contributed by atoms with E-state index in [9.17, 15) is 13.2 Å². The normalized spacial score (nSPS) is 11.4. The van der Waals surface area contributed by atoms with Crippen LogP contribution in [-0.2, 0) is 14.8 Å². The fourth-order valence-electron chi connectivity index (χ4n) is 2.83. The highest BCUT2D eigenvalue weighted by Crippen LogP contribution is 2.25. The average molecular weight is 422 g/mol. The van der Waals surface area contributed by atoms with E-state index in [-0.39, 0.29) is 10.6 Å². The summed E-state index contributed by atoms with van der Waals surface area (Å²) in [5, 5.41) is 0. The number of carbonyl (C=O) groups excluding carboxylic acids is 1. The molecule has 0 aliphatic rings. The van der Waals surface area contributed by atoms with E-state index in [0.717, 1.165) is 21.0 Å². The van der Waals surface area contributed by atoms with E-state index in [2.05, 4.69) is 0 Å². The van der Waals surface area contributed by atoms with Gasteiger partial charge in [0.25, 0.3) is 15.9 Å². The third-order valence-corrected chi connectivity index (χ3v) is 6.30. The molecule has 3 rings (SSSR count). The maximum absolute atomic E-state index is 13.3. The Kier molecular flexibility index (Phi) is 6.37. The molecule has 0 radical (unpaired) electrons. The lowest BCUT2D eigenvalue weighted by Gasteiger charge is -2.21. The molecule has 1 amide bonds. The summed E-state index contributed by atoms with van der Waals surface area (Å²) in [5.74, 6) is 0.0388. The first-order valence-corrected chi connectivity index (χ1v) is 10.8. The summed E-state index contributed by atoms with van der Waals surface area (Å²) in [6, 6.07) is 20.3. The maximum atomic E-state index is 13.3. The van der Waals surface area contributed by atoms with Gasteiger partial charge in [-0.3, -0.25) is 4.79 Å². The van der Waals surface area contributed by atoms with Gasteiger partial charge >= 0.3 is 0 Å². The van der Waals surface area contributed by atoms with Gasteiger partial charge < -0.3 is 4.74 Å². The van der Waals surface area contributed by atoms with Gasteiger partial charge in [0.15, 0.2) is 0 Å². The third-order valence-electron chi connectivity index (χ3n) is 4.56. The Balaban J connectivity index is 2.00. The van der Waals surface area contributed by atoms with E-state index in [4.69, 9.17) is 4.74 Å². The molecule has 0 N–H and O–H groups in total. The number of nitrogens with zero attached hydrogens (tertiary/aromatic N) is 1. The minimum atomic E-state index is -4.09. The lowest BCUT2D eigenvalue weighted by atomic mass is 10.2. The Labute approximate surface area is 177 Å². The number of benzene rings is 3. The number of rotatable bonds is 6. The topological polar surface area (TPSA) is 63.7 Å². The summed E-state index contributed by atoms with van der Waals surface area (Å²) in [5.41, 5.74) is 2.93. The summed E-state index contributed by atoms with van der Waals surface area (Å²) in [4.78, 5) is 13.1. The molecule has 5 nitrogen and oxygen atoms in total. The summed E-state index contributed by atoms with van der Waals surface area (Å²) in [6.07, 6.45) is 2.83. The van der Waals surface area contributed by atoms with E-state index in [1.165, 1.54) is 18.2 Å². The maximum Gasteiger partial charge on any atom is 0.271 e. The minimum Gasteiger partial charge on any atom is -0.497 e. The van der Waals surface area contributed by atoms with Crippen molar-refractivity contribution in [3.63, 3.8) is 0 Å². The zero-order chi connectivity index (χ0) is 21.7. The number of methoxy groups -OCH3 is 1. The predicted octanol–water partition coefficient (Wildman–Crippen LogP) is 4.75. The molecule has 0 atom stereocenters. The molecule has 0 spiro atoms. The molecule has 0 aliphatic heterocycles. The van der Waals surface area contributed by atoms with Crippen LogP contribution in [0.4, 0.5) is 5.69 Å². The second-order valence-electron chi connectivity index (χ2n) is 6.86. The van der Waals surface area contributed by atoms with Crippen molar-refractivity contribution >= 4 is 27.7 Å². The van der Waals surface area contributed by atoms with Crippen molar-refractivity contribution in [1.82, 2.24) is 0 Å². The molecule has 0 unspecified atom stereocenters. The first kappa shape index (κ1) is 21.3. The van der Waals surface area contributed by atoms with Gasteiger partial charge in [0, 0.05) is 6.08 Å². The highest BCUT2D eigenvalue weighted by atomic mass is 32.2. The molecule has 30 heavy (non-hydrogen) atoms. The Morgan fingerprint density at radius 3 is 1.90 bits per heavy atom. The van der Waals surface area contributed by atoms with Gasteiger partial charge in [-0.15, -0.1) is 0 Å². The van der Waals surface area contributed by atoms with Gasteiger partial charge in [0.1, 0.15) is 5.75 Å². The zero-order valence-corrected chi connectivity index (χ0v) is 17.9. The quantitative estimate of drug-likeness (QED) is 0.539. The fourth-order valence-corrected chi connectivity index (χ4v) is 4.22. The highest BCUT2D eigenvalue weighted by molar-refractivity contribution is 7.93. The average Bonchev–Trinajstić information content (AvgIpc) is 2.74. The molecule has 3 aromatic carbocycles. The van der Waals surface area contributed by atoms with Gasteiger partial charge in [-0.25, -0.2) is 8.42 Å². The van der Waals surface area contributed by atoms with Crippen LogP contribution in [0, 0.1) is 13.8 Å². The van der Waals surface area contributed by atoms with Crippen LogP contribution in [0.15, 0.2) is 83.8 Å². The van der Waals surface area contributed by atoms with E-state index >= 15 is 0 Å². The molecule has 0 bridgehead atoms. The van der Waals surface area contributed by atoms with Crippen LogP contribution in [0.2, 0.25) is 0 Å². The molecule has 0 saturated heterocycles. The molecule has 0 saturated carbocycles. The Morgan fingerprint density at radius 2 is 1.37 bits per heavy atom. The van der Waals surface area contributed by atoms with Crippen molar-refractivity contribution in [2.45, 2.75) is 18.7 Å². The van der Waals surface area contributed by atoms with Crippen molar-refractivity contribution in [3.8, 4) is 5.75 Å². The Bertz CT molecular complexity index is 1150. The fraction of sp³-hybridized carbons (Fsp3) is 0.125. The van der Waals surface area contributed by atoms with Crippen molar-refractivity contribution in [2.24, 2.45) is 0 Å². The number of ether oxygens (including phenoxy) is 1. The number of hydrogen-bond donors (Lipinski definition) is 0. The Morgan fingerprint density at radius 1 is 0.833 bits per heavy atom. The second kappa shape index (κ2) is 8.97. The molecular formula is C24H23NO4S. The molecule has 0 heterocycles.